The van der Waals surface area contributed by atoms with Crippen LogP contribution in [0.4, 0.5) is 0 Å². The summed E-state index contributed by atoms with van der Waals surface area (Å²) in [7, 11) is -2.71. The fourth-order valence-electron chi connectivity index (χ4n) is 3.22. The molecule has 1 unspecified atom stereocenters. The van der Waals surface area contributed by atoms with E-state index >= 15 is 0 Å². The van der Waals surface area contributed by atoms with Gasteiger partial charge in [-0.3, -0.25) is 4.79 Å². The first-order chi connectivity index (χ1) is 14.0. The van der Waals surface area contributed by atoms with E-state index in [0.29, 0.717) is 16.5 Å². The number of nitriles is 1. The zero-order valence-electron chi connectivity index (χ0n) is 15.2. The van der Waals surface area contributed by atoms with Crippen LogP contribution in [0.25, 0.3) is 21.7 Å². The first kappa shape index (κ1) is 18.7. The maximum absolute atomic E-state index is 13.0. The summed E-state index contributed by atoms with van der Waals surface area (Å²) < 4.78 is 36.4. The highest BCUT2D eigenvalue weighted by Gasteiger charge is 2.37. The summed E-state index contributed by atoms with van der Waals surface area (Å²) in [6.07, 6.45) is 0. The number of carbonyl (C=O) groups is 1. The standard InChI is InChI=1S/C21H14N2O5S/c1-27-16-9-5-6-13-10-11-15-19(23-28-21(15)18(13)16)20(24)17(12-22)29(25,26)14-7-3-2-4-8-14/h2-11,17H,1H3. The van der Waals surface area contributed by atoms with E-state index in [0.717, 1.165) is 5.39 Å². The summed E-state index contributed by atoms with van der Waals surface area (Å²) in [5.74, 6) is -0.415. The van der Waals surface area contributed by atoms with Crippen molar-refractivity contribution in [2.75, 3.05) is 7.11 Å². The molecule has 0 saturated heterocycles. The molecular weight excluding hydrogens is 392 g/mol. The van der Waals surface area contributed by atoms with E-state index in [2.05, 4.69) is 5.16 Å². The molecule has 0 saturated carbocycles. The number of hydrogen-bond acceptors (Lipinski definition) is 7. The average Bonchev–Trinajstić information content (AvgIpc) is 3.18. The predicted molar refractivity (Wildman–Crippen MR) is 105 cm³/mol. The molecule has 8 heteroatoms. The number of benzene rings is 3. The van der Waals surface area contributed by atoms with Crippen LogP contribution in [0, 0.1) is 11.3 Å². The summed E-state index contributed by atoms with van der Waals surface area (Å²) in [6.45, 7) is 0. The van der Waals surface area contributed by atoms with Gasteiger partial charge in [0, 0.05) is 0 Å². The molecule has 29 heavy (non-hydrogen) atoms. The maximum Gasteiger partial charge on any atom is 0.218 e. The van der Waals surface area contributed by atoms with Gasteiger partial charge < -0.3 is 9.26 Å². The Morgan fingerprint density at radius 2 is 1.86 bits per heavy atom. The summed E-state index contributed by atoms with van der Waals surface area (Å²) in [6, 6.07) is 17.7. The van der Waals surface area contributed by atoms with Crippen molar-refractivity contribution in [1.29, 1.82) is 5.26 Å². The zero-order chi connectivity index (χ0) is 20.6. The second-order valence-electron chi connectivity index (χ2n) is 6.26. The third-order valence-corrected chi connectivity index (χ3v) is 6.50. The normalized spacial score (nSPS) is 12.6. The molecule has 0 amide bonds. The Labute approximate surface area is 166 Å². The summed E-state index contributed by atoms with van der Waals surface area (Å²) in [5.41, 5.74) is 0.0796. The quantitative estimate of drug-likeness (QED) is 0.466. The molecule has 4 rings (SSSR count). The van der Waals surface area contributed by atoms with E-state index < -0.39 is 20.9 Å². The van der Waals surface area contributed by atoms with E-state index in [4.69, 9.17) is 9.26 Å². The van der Waals surface area contributed by atoms with Crippen LogP contribution in [0.1, 0.15) is 10.5 Å². The lowest BCUT2D eigenvalue weighted by Gasteiger charge is -2.09. The minimum atomic E-state index is -4.22. The molecule has 7 nitrogen and oxygen atoms in total. The van der Waals surface area contributed by atoms with Gasteiger partial charge in [-0.1, -0.05) is 41.6 Å². The van der Waals surface area contributed by atoms with E-state index in [-0.39, 0.29) is 16.2 Å². The summed E-state index contributed by atoms with van der Waals surface area (Å²) in [4.78, 5) is 12.9. The molecule has 3 aromatic carbocycles. The maximum atomic E-state index is 13.0. The molecule has 144 valence electrons. The molecule has 0 N–H and O–H groups in total. The van der Waals surface area contributed by atoms with E-state index in [1.807, 2.05) is 12.1 Å². The fraction of sp³-hybridized carbons (Fsp3) is 0.0952. The van der Waals surface area contributed by atoms with Crippen molar-refractivity contribution in [3.63, 3.8) is 0 Å². The third kappa shape index (κ3) is 2.92. The number of Topliss-reactive ketones (excluding diaryl/α,β-unsaturated/α-hetero) is 1. The van der Waals surface area contributed by atoms with Gasteiger partial charge in [0.2, 0.25) is 20.9 Å². The molecule has 1 atom stereocenters. The highest BCUT2D eigenvalue weighted by Crippen LogP contribution is 2.35. The van der Waals surface area contributed by atoms with E-state index in [9.17, 15) is 18.5 Å². The van der Waals surface area contributed by atoms with Gasteiger partial charge >= 0.3 is 0 Å². The van der Waals surface area contributed by atoms with Gasteiger partial charge in [-0.15, -0.1) is 0 Å². The number of rotatable bonds is 5. The molecule has 0 aliphatic heterocycles. The first-order valence-electron chi connectivity index (χ1n) is 8.57. The SMILES string of the molecule is COc1cccc2ccc3c(C(=O)C(C#N)S(=O)(=O)c4ccccc4)noc3c12. The molecule has 0 bridgehead atoms. The summed E-state index contributed by atoms with van der Waals surface area (Å²) >= 11 is 0. The molecule has 1 heterocycles. The number of hydrogen-bond donors (Lipinski definition) is 0. The monoisotopic (exact) mass is 406 g/mol. The fourth-order valence-corrected chi connectivity index (χ4v) is 4.56. The second-order valence-corrected chi connectivity index (χ2v) is 8.30. The Hall–Kier alpha value is -3.70. The highest BCUT2D eigenvalue weighted by atomic mass is 32.2. The Morgan fingerprint density at radius 3 is 2.55 bits per heavy atom. The molecule has 0 spiro atoms. The Kier molecular flexibility index (Phi) is 4.53. The van der Waals surface area contributed by atoms with Gasteiger partial charge in [-0.2, -0.15) is 5.26 Å². The largest absolute Gasteiger partial charge is 0.496 e. The van der Waals surface area contributed by atoms with Crippen LogP contribution < -0.4 is 4.74 Å². The minimum Gasteiger partial charge on any atom is -0.496 e. The van der Waals surface area contributed by atoms with E-state index in [1.54, 1.807) is 30.3 Å². The Bertz CT molecular complexity index is 1390. The molecular formula is C21H14N2O5S. The molecule has 0 fully saturated rings. The molecule has 0 aliphatic carbocycles. The van der Waals surface area contributed by atoms with Crippen LogP contribution in [0.5, 0.6) is 5.75 Å². The number of ketones is 1. The zero-order valence-corrected chi connectivity index (χ0v) is 16.0. The van der Waals surface area contributed by atoms with Crippen LogP contribution >= 0.6 is 0 Å². The van der Waals surface area contributed by atoms with Crippen LogP contribution in [-0.2, 0) is 9.84 Å². The van der Waals surface area contributed by atoms with Crippen molar-refractivity contribution in [3.05, 3.63) is 66.4 Å². The Morgan fingerprint density at radius 1 is 1.10 bits per heavy atom. The number of carbonyl (C=O) groups excluding carboxylic acids is 1. The van der Waals surface area contributed by atoms with Crippen LogP contribution in [0.2, 0.25) is 0 Å². The summed E-state index contributed by atoms with van der Waals surface area (Å²) in [5, 5.41) is 13.1. The number of nitrogens with zero attached hydrogens (tertiary/aromatic N) is 2. The number of aromatic nitrogens is 1. The van der Waals surface area contributed by atoms with Crippen molar-refractivity contribution < 1.29 is 22.5 Å². The molecule has 4 aromatic rings. The van der Waals surface area contributed by atoms with Gasteiger partial charge in [-0.05, 0) is 29.7 Å². The Balaban J connectivity index is 1.87. The van der Waals surface area contributed by atoms with Crippen molar-refractivity contribution in [2.24, 2.45) is 0 Å². The van der Waals surface area contributed by atoms with E-state index in [1.165, 1.54) is 31.4 Å². The van der Waals surface area contributed by atoms with Crippen LogP contribution in [-0.4, -0.2) is 31.7 Å². The molecule has 0 aliphatic rings. The van der Waals surface area contributed by atoms with Crippen molar-refractivity contribution in [1.82, 2.24) is 5.16 Å². The lowest BCUT2D eigenvalue weighted by atomic mass is 10.0. The van der Waals surface area contributed by atoms with Crippen molar-refractivity contribution in [2.45, 2.75) is 10.1 Å². The smallest absolute Gasteiger partial charge is 0.218 e. The second kappa shape index (κ2) is 7.04. The molecule has 1 aromatic heterocycles. The first-order valence-corrected chi connectivity index (χ1v) is 10.1. The number of sulfone groups is 1. The minimum absolute atomic E-state index is 0.111. The topological polar surface area (TPSA) is 110 Å². The van der Waals surface area contributed by atoms with Gasteiger partial charge in [0.1, 0.15) is 5.75 Å². The van der Waals surface area contributed by atoms with Crippen molar-refractivity contribution in [3.8, 4) is 11.8 Å². The number of methoxy groups -OCH3 is 1. The van der Waals surface area contributed by atoms with Crippen LogP contribution in [0.15, 0.2) is 70.1 Å². The van der Waals surface area contributed by atoms with Gasteiger partial charge in [-0.25, -0.2) is 8.42 Å². The average molecular weight is 406 g/mol. The van der Waals surface area contributed by atoms with Gasteiger partial charge in [0.25, 0.3) is 0 Å². The van der Waals surface area contributed by atoms with Crippen molar-refractivity contribution >= 4 is 37.4 Å². The van der Waals surface area contributed by atoms with Gasteiger partial charge in [0.15, 0.2) is 11.3 Å². The predicted octanol–water partition coefficient (Wildman–Crippen LogP) is 3.54. The third-order valence-electron chi connectivity index (χ3n) is 4.63. The lowest BCUT2D eigenvalue weighted by molar-refractivity contribution is 0.0993. The number of ether oxygens (including phenoxy) is 1. The molecule has 0 radical (unpaired) electrons. The van der Waals surface area contributed by atoms with Gasteiger partial charge in [0.05, 0.1) is 28.8 Å². The van der Waals surface area contributed by atoms with Crippen LogP contribution in [0.3, 0.4) is 0 Å². The number of fused-ring (bicyclic) bond motifs is 3. The lowest BCUT2D eigenvalue weighted by Crippen LogP contribution is -2.29. The highest BCUT2D eigenvalue weighted by molar-refractivity contribution is 7.93.